The molecule has 304 valence electrons. The minimum Gasteiger partial charge on any atom is -0.466 e. The number of aliphatic hydroxyl groups excluding tert-OH is 2. The van der Waals surface area contributed by atoms with Gasteiger partial charge in [-0.1, -0.05) is 82.9 Å². The molecule has 3 N–H and O–H groups in total. The summed E-state index contributed by atoms with van der Waals surface area (Å²) in [4.78, 5) is 39.3. The van der Waals surface area contributed by atoms with E-state index in [2.05, 4.69) is 20.1 Å². The van der Waals surface area contributed by atoms with Gasteiger partial charge >= 0.3 is 17.9 Å². The van der Waals surface area contributed by atoms with E-state index >= 15 is 0 Å². The molecule has 4 aliphatic rings. The van der Waals surface area contributed by atoms with Gasteiger partial charge in [-0.25, -0.2) is 4.79 Å². The topological polar surface area (TPSA) is 167 Å². The fourth-order valence-electron chi connectivity index (χ4n) is 7.98. The third kappa shape index (κ3) is 12.3. The number of methoxy groups -OCH3 is 1. The fraction of sp³-hybridized carbons (Fsp3) is 0.738. The minimum absolute atomic E-state index is 0.00758. The first-order valence-corrected chi connectivity index (χ1v) is 19.8. The zero-order chi connectivity index (χ0) is 39.6. The summed E-state index contributed by atoms with van der Waals surface area (Å²) in [5.74, 6) is -4.23. The summed E-state index contributed by atoms with van der Waals surface area (Å²) in [5.41, 5.74) is 0.989. The van der Waals surface area contributed by atoms with E-state index < -0.39 is 59.6 Å². The Hall–Kier alpha value is -2.87. The molecular weight excluding hydrogens is 696 g/mol. The fourth-order valence-corrected chi connectivity index (χ4v) is 7.98. The SMILES string of the molecule is C=C1C[C@@H]2C[C@@H]3CC(=C)C[C@H](/C=C/C(C)(C)[C@]4(O)O[C@@H](C/C(=C\C(=O)OC)[C@@H]4OC(=O)CCCCCCC)C[C@H]([C@@H](C)O)OC(=O)C[C@H](O)C[C@H](C1)O2)O3. The molecule has 0 saturated carbocycles. The molecule has 0 amide bonds. The maximum atomic E-state index is 13.4. The predicted molar refractivity (Wildman–Crippen MR) is 201 cm³/mol. The summed E-state index contributed by atoms with van der Waals surface area (Å²) in [5, 5.41) is 34.5. The number of aliphatic hydroxyl groups is 3. The first-order chi connectivity index (χ1) is 25.5. The van der Waals surface area contributed by atoms with E-state index in [-0.39, 0.29) is 62.1 Å². The van der Waals surface area contributed by atoms with Crippen molar-refractivity contribution in [3.8, 4) is 0 Å². The van der Waals surface area contributed by atoms with E-state index in [4.69, 9.17) is 28.4 Å². The number of hydrogen-bond donors (Lipinski definition) is 3. The maximum absolute atomic E-state index is 13.4. The molecule has 3 fully saturated rings. The second-order valence-corrected chi connectivity index (χ2v) is 16.3. The monoisotopic (exact) mass is 760 g/mol. The highest BCUT2D eigenvalue weighted by Gasteiger charge is 2.57. The molecule has 4 aliphatic heterocycles. The van der Waals surface area contributed by atoms with Crippen molar-refractivity contribution in [2.45, 2.75) is 185 Å². The van der Waals surface area contributed by atoms with Crippen molar-refractivity contribution < 1.29 is 58.1 Å². The zero-order valence-corrected chi connectivity index (χ0v) is 33.0. The van der Waals surface area contributed by atoms with Gasteiger partial charge in [0.05, 0.1) is 56.3 Å². The molecule has 12 nitrogen and oxygen atoms in total. The molecule has 10 atom stereocenters. The van der Waals surface area contributed by atoms with E-state index in [1.54, 1.807) is 19.9 Å². The van der Waals surface area contributed by atoms with E-state index in [0.717, 1.165) is 36.8 Å². The van der Waals surface area contributed by atoms with Crippen molar-refractivity contribution in [1.29, 1.82) is 0 Å². The lowest BCUT2D eigenvalue weighted by molar-refractivity contribution is -0.327. The maximum Gasteiger partial charge on any atom is 0.330 e. The van der Waals surface area contributed by atoms with Crippen LogP contribution >= 0.6 is 0 Å². The molecule has 0 aromatic carbocycles. The molecule has 0 aromatic rings. The Morgan fingerprint density at radius 1 is 0.944 bits per heavy atom. The Morgan fingerprint density at radius 3 is 2.26 bits per heavy atom. The van der Waals surface area contributed by atoms with E-state index in [0.29, 0.717) is 38.5 Å². The number of rotatable bonds is 9. The number of hydrogen-bond acceptors (Lipinski definition) is 12. The van der Waals surface area contributed by atoms with Gasteiger partial charge in [0.2, 0.25) is 5.79 Å². The molecule has 0 radical (unpaired) electrons. The molecule has 4 rings (SSSR count). The van der Waals surface area contributed by atoms with Crippen molar-refractivity contribution in [2.24, 2.45) is 5.41 Å². The number of ether oxygens (including phenoxy) is 6. The number of unbranched alkanes of at least 4 members (excludes halogenated alkanes) is 4. The van der Waals surface area contributed by atoms with Crippen molar-refractivity contribution in [3.05, 3.63) is 48.1 Å². The summed E-state index contributed by atoms with van der Waals surface area (Å²) in [6.07, 6.45) is 5.51. The number of carbonyl (C=O) groups is 3. The van der Waals surface area contributed by atoms with Crippen molar-refractivity contribution in [1.82, 2.24) is 0 Å². The molecule has 4 heterocycles. The normalized spacial score (nSPS) is 35.7. The molecule has 3 saturated heterocycles. The van der Waals surface area contributed by atoms with Crippen LogP contribution in [-0.2, 0) is 42.8 Å². The van der Waals surface area contributed by atoms with Crippen LogP contribution in [0.25, 0.3) is 0 Å². The summed E-state index contributed by atoms with van der Waals surface area (Å²) in [6, 6.07) is 0. The number of fused-ring (bicyclic) bond motifs is 6. The number of carbonyl (C=O) groups excluding carboxylic acids is 3. The molecule has 0 aliphatic carbocycles. The van der Waals surface area contributed by atoms with Gasteiger partial charge in [0, 0.05) is 37.2 Å². The highest BCUT2D eigenvalue weighted by molar-refractivity contribution is 5.83. The van der Waals surface area contributed by atoms with Crippen LogP contribution in [0.1, 0.15) is 124 Å². The third-order valence-corrected chi connectivity index (χ3v) is 11.0. The molecular formula is C42H64O12. The van der Waals surface area contributed by atoms with Gasteiger partial charge in [-0.05, 0) is 51.0 Å². The van der Waals surface area contributed by atoms with Gasteiger partial charge in [-0.3, -0.25) is 9.59 Å². The minimum atomic E-state index is -2.25. The summed E-state index contributed by atoms with van der Waals surface area (Å²) in [6.45, 7) is 15.6. The van der Waals surface area contributed by atoms with Gasteiger partial charge in [-0.2, -0.15) is 0 Å². The predicted octanol–water partition coefficient (Wildman–Crippen LogP) is 5.85. The summed E-state index contributed by atoms with van der Waals surface area (Å²) < 4.78 is 36.2. The smallest absolute Gasteiger partial charge is 0.330 e. The lowest BCUT2D eigenvalue weighted by atomic mass is 9.74. The Balaban J connectivity index is 1.73. The average molecular weight is 761 g/mol. The van der Waals surface area contributed by atoms with Gasteiger partial charge in [0.25, 0.3) is 0 Å². The van der Waals surface area contributed by atoms with Crippen LogP contribution in [0, 0.1) is 5.41 Å². The largest absolute Gasteiger partial charge is 0.466 e. The molecule has 6 bridgehead atoms. The molecule has 0 unspecified atom stereocenters. The second-order valence-electron chi connectivity index (χ2n) is 16.3. The third-order valence-electron chi connectivity index (χ3n) is 11.0. The molecule has 0 spiro atoms. The van der Waals surface area contributed by atoms with Gasteiger partial charge in [0.15, 0.2) is 6.10 Å². The standard InChI is InChI=1S/C42H64O12/c1-8-9-10-11-12-13-37(45)53-40-29(21-38(46)49-7)20-35-25-36(28(4)43)52-39(47)23-30(44)22-32-17-27(3)19-34(51-32)24-33-18-26(2)16-31(50-33)14-15-41(5,6)42(40,48)54-35/h14-15,21,28,30-36,40,43-44,48H,2-3,8-13,16-20,22-25H2,1,4-7H3/b15-14+,29-21+/t28-,30-,31+,32+,33+,34-,35+,36-,40+,42-/m1/s1. The van der Waals surface area contributed by atoms with Crippen LogP contribution in [0.3, 0.4) is 0 Å². The lowest BCUT2D eigenvalue weighted by Gasteiger charge is -2.51. The van der Waals surface area contributed by atoms with E-state index in [9.17, 15) is 29.7 Å². The molecule has 12 heteroatoms. The van der Waals surface area contributed by atoms with Crippen LogP contribution in [-0.4, -0.2) is 101 Å². The van der Waals surface area contributed by atoms with Crippen LogP contribution < -0.4 is 0 Å². The average Bonchev–Trinajstić information content (AvgIpc) is 3.07. The number of cyclic esters (lactones) is 1. The highest BCUT2D eigenvalue weighted by atomic mass is 16.7. The van der Waals surface area contributed by atoms with Crippen LogP contribution in [0.5, 0.6) is 0 Å². The van der Waals surface area contributed by atoms with Gasteiger partial charge in [-0.15, -0.1) is 0 Å². The Labute approximate surface area is 320 Å². The number of esters is 3. The van der Waals surface area contributed by atoms with E-state index in [1.807, 2.05) is 6.08 Å². The quantitative estimate of drug-likeness (QED) is 0.0845. The first-order valence-electron chi connectivity index (χ1n) is 19.8. The first kappa shape index (κ1) is 43.9. The second kappa shape index (κ2) is 19.8. The zero-order valence-electron chi connectivity index (χ0n) is 33.0. The summed E-state index contributed by atoms with van der Waals surface area (Å²) in [7, 11) is 1.23. The summed E-state index contributed by atoms with van der Waals surface area (Å²) >= 11 is 0. The van der Waals surface area contributed by atoms with Crippen LogP contribution in [0.15, 0.2) is 48.1 Å². The Morgan fingerprint density at radius 2 is 1.59 bits per heavy atom. The van der Waals surface area contributed by atoms with Crippen LogP contribution in [0.2, 0.25) is 0 Å². The van der Waals surface area contributed by atoms with Gasteiger partial charge < -0.3 is 43.7 Å². The molecule has 54 heavy (non-hydrogen) atoms. The van der Waals surface area contributed by atoms with E-state index in [1.165, 1.54) is 20.1 Å². The Kier molecular flexibility index (Phi) is 16.1. The highest BCUT2D eigenvalue weighted by Crippen LogP contribution is 2.47. The van der Waals surface area contributed by atoms with Crippen LogP contribution in [0.4, 0.5) is 0 Å². The Bertz CT molecular complexity index is 1380. The van der Waals surface area contributed by atoms with Gasteiger partial charge in [0.1, 0.15) is 6.10 Å². The van der Waals surface area contributed by atoms with Crippen molar-refractivity contribution in [2.75, 3.05) is 7.11 Å². The molecule has 0 aromatic heterocycles. The van der Waals surface area contributed by atoms with Crippen molar-refractivity contribution >= 4 is 17.9 Å². The lowest BCUT2D eigenvalue weighted by Crippen LogP contribution is -2.62. The van der Waals surface area contributed by atoms with Crippen molar-refractivity contribution in [3.63, 3.8) is 0 Å².